The topological polar surface area (TPSA) is 86.2 Å². The number of amides is 1. The number of hydrogen-bond donors (Lipinski definition) is 0. The molecular weight excluding hydrogens is 430 g/mol. The van der Waals surface area contributed by atoms with E-state index in [0.717, 1.165) is 28.3 Å². The third kappa shape index (κ3) is 3.34. The van der Waals surface area contributed by atoms with Gasteiger partial charge in [0.2, 0.25) is 0 Å². The van der Waals surface area contributed by atoms with Gasteiger partial charge in [0.15, 0.2) is 0 Å². The highest BCUT2D eigenvalue weighted by atomic mass is 35.5. The number of halogens is 1. The first-order chi connectivity index (χ1) is 15.4. The summed E-state index contributed by atoms with van der Waals surface area (Å²) in [6.07, 6.45) is 3.85. The monoisotopic (exact) mass is 447 g/mol. The van der Waals surface area contributed by atoms with E-state index in [1.165, 1.54) is 18.2 Å². The van der Waals surface area contributed by atoms with Gasteiger partial charge in [-0.15, -0.1) is 0 Å². The summed E-state index contributed by atoms with van der Waals surface area (Å²) in [6.45, 7) is 2.57. The number of aryl methyl sites for hydroxylation is 1. The van der Waals surface area contributed by atoms with E-state index >= 15 is 0 Å². The molecule has 0 saturated heterocycles. The second-order valence-corrected chi connectivity index (χ2v) is 8.11. The molecule has 8 nitrogen and oxygen atoms in total. The highest BCUT2D eigenvalue weighted by Gasteiger charge is 2.34. The molecule has 4 aromatic rings. The minimum absolute atomic E-state index is 0.0262. The Labute approximate surface area is 188 Å². The van der Waals surface area contributed by atoms with E-state index in [9.17, 15) is 14.9 Å². The van der Waals surface area contributed by atoms with Crippen molar-refractivity contribution in [1.29, 1.82) is 0 Å². The smallest absolute Gasteiger partial charge is 0.282 e. The number of rotatable bonds is 4. The van der Waals surface area contributed by atoms with Crippen LogP contribution < -0.4 is 0 Å². The van der Waals surface area contributed by atoms with Gasteiger partial charge < -0.3 is 9.47 Å². The SMILES string of the molecule is Cc1cccc(-n2nc3c(c2-n2cccc2)CN(C(=O)c2cc(Cl)ccc2[N+](=O)[O-])C3)c1. The van der Waals surface area contributed by atoms with Crippen molar-refractivity contribution in [1.82, 2.24) is 19.2 Å². The standard InChI is InChI=1S/C23H18ClN5O3/c1-15-5-4-6-17(11-15)28-22(26-9-2-3-10-26)19-13-27(14-20(19)25-28)23(30)18-12-16(24)7-8-21(18)29(31)32/h2-12H,13-14H2,1H3. The van der Waals surface area contributed by atoms with Gasteiger partial charge in [-0.3, -0.25) is 14.9 Å². The summed E-state index contributed by atoms with van der Waals surface area (Å²) in [7, 11) is 0. The van der Waals surface area contributed by atoms with Crippen LogP contribution in [0.2, 0.25) is 5.02 Å². The quantitative estimate of drug-likeness (QED) is 0.335. The molecular formula is C23H18ClN5O3. The number of carbonyl (C=O) groups excluding carboxylic acids is 1. The van der Waals surface area contributed by atoms with Crippen LogP contribution in [0.15, 0.2) is 67.0 Å². The molecule has 1 aliphatic heterocycles. The normalized spacial score (nSPS) is 12.8. The lowest BCUT2D eigenvalue weighted by Gasteiger charge is -2.18. The summed E-state index contributed by atoms with van der Waals surface area (Å²) in [4.78, 5) is 25.6. The number of hydrogen-bond acceptors (Lipinski definition) is 4. The molecule has 2 aromatic carbocycles. The summed E-state index contributed by atoms with van der Waals surface area (Å²) in [5.74, 6) is 0.393. The van der Waals surface area contributed by atoms with E-state index in [1.54, 1.807) is 4.90 Å². The molecule has 0 saturated carbocycles. The number of fused-ring (bicyclic) bond motifs is 1. The molecule has 3 heterocycles. The maximum absolute atomic E-state index is 13.2. The van der Waals surface area contributed by atoms with Crippen LogP contribution in [0, 0.1) is 17.0 Å². The molecule has 0 atom stereocenters. The third-order valence-corrected chi connectivity index (χ3v) is 5.73. The number of nitro groups is 1. The Morgan fingerprint density at radius 3 is 2.59 bits per heavy atom. The highest BCUT2D eigenvalue weighted by Crippen LogP contribution is 2.33. The summed E-state index contributed by atoms with van der Waals surface area (Å²) in [5, 5.41) is 16.5. The third-order valence-electron chi connectivity index (χ3n) is 5.50. The van der Waals surface area contributed by atoms with Crippen LogP contribution in [0.1, 0.15) is 27.2 Å². The Morgan fingerprint density at radius 2 is 1.88 bits per heavy atom. The second-order valence-electron chi connectivity index (χ2n) is 7.67. The van der Waals surface area contributed by atoms with E-state index < -0.39 is 10.8 Å². The van der Waals surface area contributed by atoms with Crippen LogP contribution >= 0.6 is 11.6 Å². The fraction of sp³-hybridized carbons (Fsp3) is 0.130. The van der Waals surface area contributed by atoms with Crippen LogP contribution in [0.25, 0.3) is 11.5 Å². The number of carbonyl (C=O) groups is 1. The first kappa shape index (κ1) is 20.0. The molecule has 0 unspecified atom stereocenters. The van der Waals surface area contributed by atoms with E-state index in [-0.39, 0.29) is 29.4 Å². The molecule has 0 aliphatic carbocycles. The molecule has 0 N–H and O–H groups in total. The maximum Gasteiger partial charge on any atom is 0.282 e. The first-order valence-electron chi connectivity index (χ1n) is 9.97. The van der Waals surface area contributed by atoms with Crippen molar-refractivity contribution in [3.8, 4) is 11.5 Å². The fourth-order valence-corrected chi connectivity index (χ4v) is 4.21. The molecule has 5 rings (SSSR count). The average Bonchev–Trinajstić information content (AvgIpc) is 3.49. The number of aromatic nitrogens is 3. The van der Waals surface area contributed by atoms with Gasteiger partial charge in [-0.05, 0) is 48.9 Å². The number of nitrogens with zero attached hydrogens (tertiary/aromatic N) is 5. The van der Waals surface area contributed by atoms with E-state index in [2.05, 4.69) is 0 Å². The van der Waals surface area contributed by atoms with Gasteiger partial charge in [-0.2, -0.15) is 5.10 Å². The molecule has 0 spiro atoms. The lowest BCUT2D eigenvalue weighted by molar-refractivity contribution is -0.385. The van der Waals surface area contributed by atoms with Crippen molar-refractivity contribution in [2.45, 2.75) is 20.0 Å². The van der Waals surface area contributed by atoms with Crippen LogP contribution in [-0.2, 0) is 13.1 Å². The van der Waals surface area contributed by atoms with E-state index in [0.29, 0.717) is 0 Å². The molecule has 32 heavy (non-hydrogen) atoms. The van der Waals surface area contributed by atoms with Crippen molar-refractivity contribution in [3.05, 3.63) is 105 Å². The molecule has 9 heteroatoms. The summed E-state index contributed by atoms with van der Waals surface area (Å²) < 4.78 is 3.84. The average molecular weight is 448 g/mol. The lowest BCUT2D eigenvalue weighted by atomic mass is 10.1. The Bertz CT molecular complexity index is 1360. The van der Waals surface area contributed by atoms with Gasteiger partial charge in [0, 0.05) is 29.0 Å². The Hall–Kier alpha value is -3.91. The van der Waals surface area contributed by atoms with E-state index in [1.807, 2.05) is 65.0 Å². The number of nitro benzene ring substituents is 1. The lowest BCUT2D eigenvalue weighted by Crippen LogP contribution is -2.27. The Balaban J connectivity index is 1.56. The molecule has 0 radical (unpaired) electrons. The fourth-order valence-electron chi connectivity index (χ4n) is 4.04. The molecule has 0 fully saturated rings. The van der Waals surface area contributed by atoms with Gasteiger partial charge >= 0.3 is 0 Å². The Morgan fingerprint density at radius 1 is 1.09 bits per heavy atom. The van der Waals surface area contributed by atoms with Gasteiger partial charge in [-0.1, -0.05) is 23.7 Å². The predicted molar refractivity (Wildman–Crippen MR) is 119 cm³/mol. The summed E-state index contributed by atoms with van der Waals surface area (Å²) >= 11 is 6.02. The zero-order valence-electron chi connectivity index (χ0n) is 17.1. The second kappa shape index (κ2) is 7.65. The van der Waals surface area contributed by atoms with Crippen molar-refractivity contribution in [2.75, 3.05) is 0 Å². The zero-order valence-corrected chi connectivity index (χ0v) is 17.9. The van der Waals surface area contributed by atoms with Crippen molar-refractivity contribution >= 4 is 23.2 Å². The summed E-state index contributed by atoms with van der Waals surface area (Å²) in [5.41, 5.74) is 3.41. The largest absolute Gasteiger partial charge is 0.328 e. The summed E-state index contributed by atoms with van der Waals surface area (Å²) in [6, 6.07) is 15.9. The van der Waals surface area contributed by atoms with Gasteiger partial charge in [0.25, 0.3) is 11.6 Å². The van der Waals surface area contributed by atoms with Crippen LogP contribution in [0.4, 0.5) is 5.69 Å². The van der Waals surface area contributed by atoms with Crippen LogP contribution in [0.5, 0.6) is 0 Å². The van der Waals surface area contributed by atoms with Crippen LogP contribution in [-0.4, -0.2) is 30.1 Å². The van der Waals surface area contributed by atoms with Gasteiger partial charge in [-0.25, -0.2) is 4.68 Å². The molecule has 1 aliphatic rings. The molecule has 0 bridgehead atoms. The van der Waals surface area contributed by atoms with Gasteiger partial charge in [0.1, 0.15) is 11.4 Å². The minimum atomic E-state index is -0.567. The molecule has 1 amide bonds. The van der Waals surface area contributed by atoms with Crippen molar-refractivity contribution < 1.29 is 9.72 Å². The maximum atomic E-state index is 13.2. The van der Waals surface area contributed by atoms with Crippen LogP contribution in [0.3, 0.4) is 0 Å². The predicted octanol–water partition coefficient (Wildman–Crippen LogP) is 4.69. The number of benzene rings is 2. The first-order valence-corrected chi connectivity index (χ1v) is 10.3. The molecule has 160 valence electrons. The van der Waals surface area contributed by atoms with E-state index in [4.69, 9.17) is 16.7 Å². The zero-order chi connectivity index (χ0) is 22.4. The Kier molecular flexibility index (Phi) is 4.79. The van der Waals surface area contributed by atoms with Crippen molar-refractivity contribution in [3.63, 3.8) is 0 Å². The minimum Gasteiger partial charge on any atom is -0.328 e. The highest BCUT2D eigenvalue weighted by molar-refractivity contribution is 6.31. The van der Waals surface area contributed by atoms with Gasteiger partial charge in [0.05, 0.1) is 29.4 Å². The van der Waals surface area contributed by atoms with Crippen molar-refractivity contribution in [2.24, 2.45) is 0 Å². The molecule has 2 aromatic heterocycles.